The van der Waals surface area contributed by atoms with E-state index < -0.39 is 0 Å². The van der Waals surface area contributed by atoms with Crippen LogP contribution in [0.2, 0.25) is 0 Å². The highest BCUT2D eigenvalue weighted by atomic mass is 79.9. The standard InChI is InChI=1S/C16H25BrN2O/c1-3-8-18-11-13-6-7-14(10-16(13)17)19(2)12-15-5-4-9-20-15/h6-7,10,15,18H,3-5,8-9,11-12H2,1-2H3. The zero-order valence-electron chi connectivity index (χ0n) is 12.5. The molecule has 1 aromatic carbocycles. The first kappa shape index (κ1) is 15.8. The Balaban J connectivity index is 1.92. The van der Waals surface area contributed by atoms with Crippen LogP contribution in [0.4, 0.5) is 5.69 Å². The van der Waals surface area contributed by atoms with Crippen LogP contribution in [-0.2, 0) is 11.3 Å². The van der Waals surface area contributed by atoms with Crippen LogP contribution in [0.5, 0.6) is 0 Å². The number of benzene rings is 1. The van der Waals surface area contributed by atoms with Gasteiger partial charge in [-0.15, -0.1) is 0 Å². The molecule has 1 unspecified atom stereocenters. The normalized spacial score (nSPS) is 18.4. The average molecular weight is 341 g/mol. The van der Waals surface area contributed by atoms with Gasteiger partial charge < -0.3 is 15.0 Å². The minimum absolute atomic E-state index is 0.393. The summed E-state index contributed by atoms with van der Waals surface area (Å²) in [7, 11) is 2.14. The average Bonchev–Trinajstić information content (AvgIpc) is 2.93. The monoisotopic (exact) mass is 340 g/mol. The first-order chi connectivity index (χ1) is 9.70. The Morgan fingerprint density at radius 1 is 1.45 bits per heavy atom. The highest BCUT2D eigenvalue weighted by Gasteiger charge is 2.17. The second kappa shape index (κ2) is 8.01. The molecular formula is C16H25BrN2O. The van der Waals surface area contributed by atoms with Gasteiger partial charge in [-0.3, -0.25) is 0 Å². The molecule has 4 heteroatoms. The van der Waals surface area contributed by atoms with Gasteiger partial charge in [-0.2, -0.15) is 0 Å². The summed E-state index contributed by atoms with van der Waals surface area (Å²) in [6, 6.07) is 6.61. The molecule has 2 rings (SSSR count). The van der Waals surface area contributed by atoms with E-state index in [-0.39, 0.29) is 0 Å². The van der Waals surface area contributed by atoms with Gasteiger partial charge in [0.05, 0.1) is 6.10 Å². The van der Waals surface area contributed by atoms with Crippen molar-refractivity contribution in [2.75, 3.05) is 31.6 Å². The third-order valence-corrected chi connectivity index (χ3v) is 4.46. The van der Waals surface area contributed by atoms with Gasteiger partial charge in [0, 0.05) is 36.9 Å². The Morgan fingerprint density at radius 3 is 2.95 bits per heavy atom. The molecule has 1 aromatic rings. The van der Waals surface area contributed by atoms with Gasteiger partial charge in [0.25, 0.3) is 0 Å². The van der Waals surface area contributed by atoms with E-state index in [1.165, 1.54) is 35.0 Å². The fourth-order valence-corrected chi connectivity index (χ4v) is 3.02. The van der Waals surface area contributed by atoms with E-state index in [2.05, 4.69) is 58.3 Å². The lowest BCUT2D eigenvalue weighted by atomic mass is 10.1. The van der Waals surface area contributed by atoms with Crippen molar-refractivity contribution >= 4 is 21.6 Å². The predicted octanol–water partition coefficient (Wildman–Crippen LogP) is 3.56. The number of ether oxygens (including phenoxy) is 1. The molecule has 0 amide bonds. The van der Waals surface area contributed by atoms with E-state index in [1.54, 1.807) is 0 Å². The topological polar surface area (TPSA) is 24.5 Å². The van der Waals surface area contributed by atoms with Crippen LogP contribution in [0.25, 0.3) is 0 Å². The van der Waals surface area contributed by atoms with Crippen LogP contribution in [0, 0.1) is 0 Å². The van der Waals surface area contributed by atoms with Gasteiger partial charge in [-0.05, 0) is 43.5 Å². The minimum atomic E-state index is 0.393. The van der Waals surface area contributed by atoms with Crippen LogP contribution in [0.3, 0.4) is 0 Å². The van der Waals surface area contributed by atoms with Crippen molar-refractivity contribution in [1.82, 2.24) is 5.32 Å². The van der Waals surface area contributed by atoms with Gasteiger partial charge in [0.2, 0.25) is 0 Å². The Kier molecular flexibility index (Phi) is 6.33. The molecule has 1 aliphatic heterocycles. The Hall–Kier alpha value is -0.580. The van der Waals surface area contributed by atoms with Crippen LogP contribution in [-0.4, -0.2) is 32.8 Å². The lowest BCUT2D eigenvalue weighted by molar-refractivity contribution is 0.116. The summed E-state index contributed by atoms with van der Waals surface area (Å²) in [6.07, 6.45) is 3.94. The molecule has 1 atom stereocenters. The number of likely N-dealkylation sites (N-methyl/N-ethyl adjacent to an activating group) is 1. The van der Waals surface area contributed by atoms with Gasteiger partial charge in [-0.1, -0.05) is 28.9 Å². The summed E-state index contributed by atoms with van der Waals surface area (Å²) >= 11 is 3.68. The highest BCUT2D eigenvalue weighted by molar-refractivity contribution is 9.10. The number of hydrogen-bond acceptors (Lipinski definition) is 3. The highest BCUT2D eigenvalue weighted by Crippen LogP contribution is 2.25. The van der Waals surface area contributed by atoms with E-state index in [0.29, 0.717) is 6.10 Å². The molecule has 0 spiro atoms. The fraction of sp³-hybridized carbons (Fsp3) is 0.625. The predicted molar refractivity (Wildman–Crippen MR) is 88.4 cm³/mol. The van der Waals surface area contributed by atoms with Crippen molar-refractivity contribution in [3.05, 3.63) is 28.2 Å². The molecule has 112 valence electrons. The lowest BCUT2D eigenvalue weighted by Gasteiger charge is -2.23. The van der Waals surface area contributed by atoms with E-state index in [9.17, 15) is 0 Å². The maximum atomic E-state index is 5.70. The molecule has 3 nitrogen and oxygen atoms in total. The van der Waals surface area contributed by atoms with Crippen molar-refractivity contribution in [3.63, 3.8) is 0 Å². The van der Waals surface area contributed by atoms with Gasteiger partial charge in [-0.25, -0.2) is 0 Å². The number of nitrogens with zero attached hydrogens (tertiary/aromatic N) is 1. The third-order valence-electron chi connectivity index (χ3n) is 3.72. The van der Waals surface area contributed by atoms with Gasteiger partial charge in [0.15, 0.2) is 0 Å². The first-order valence-electron chi connectivity index (χ1n) is 7.52. The van der Waals surface area contributed by atoms with Crippen molar-refractivity contribution in [1.29, 1.82) is 0 Å². The maximum absolute atomic E-state index is 5.70. The zero-order valence-corrected chi connectivity index (χ0v) is 14.1. The number of nitrogens with one attached hydrogen (secondary N) is 1. The first-order valence-corrected chi connectivity index (χ1v) is 8.32. The van der Waals surface area contributed by atoms with Crippen LogP contribution < -0.4 is 10.2 Å². The van der Waals surface area contributed by atoms with Crippen LogP contribution in [0.1, 0.15) is 31.7 Å². The summed E-state index contributed by atoms with van der Waals surface area (Å²) in [5.74, 6) is 0. The minimum Gasteiger partial charge on any atom is -0.376 e. The fourth-order valence-electron chi connectivity index (χ4n) is 2.52. The van der Waals surface area contributed by atoms with Gasteiger partial charge >= 0.3 is 0 Å². The molecule has 1 heterocycles. The van der Waals surface area contributed by atoms with Crippen LogP contribution in [0.15, 0.2) is 22.7 Å². The number of anilines is 1. The van der Waals surface area contributed by atoms with Crippen LogP contribution >= 0.6 is 15.9 Å². The number of halogens is 1. The molecule has 0 radical (unpaired) electrons. The molecule has 20 heavy (non-hydrogen) atoms. The largest absolute Gasteiger partial charge is 0.376 e. The summed E-state index contributed by atoms with van der Waals surface area (Å²) in [4.78, 5) is 2.28. The quantitative estimate of drug-likeness (QED) is 0.768. The molecule has 0 aliphatic carbocycles. The third kappa shape index (κ3) is 4.47. The lowest BCUT2D eigenvalue weighted by Crippen LogP contribution is -2.28. The van der Waals surface area contributed by atoms with E-state index in [1.807, 2.05) is 0 Å². The van der Waals surface area contributed by atoms with E-state index in [0.717, 1.165) is 26.2 Å². The SMILES string of the molecule is CCCNCc1ccc(N(C)CC2CCCO2)cc1Br. The van der Waals surface area contributed by atoms with Gasteiger partial charge in [0.1, 0.15) is 0 Å². The number of hydrogen-bond donors (Lipinski definition) is 1. The molecule has 1 aliphatic rings. The summed E-state index contributed by atoms with van der Waals surface area (Å²) in [5.41, 5.74) is 2.55. The second-order valence-electron chi connectivity index (χ2n) is 5.47. The van der Waals surface area contributed by atoms with Crippen molar-refractivity contribution in [2.45, 2.75) is 38.8 Å². The Morgan fingerprint density at radius 2 is 2.30 bits per heavy atom. The number of rotatable bonds is 7. The summed E-state index contributed by atoms with van der Waals surface area (Å²) in [5, 5.41) is 3.44. The van der Waals surface area contributed by atoms with E-state index >= 15 is 0 Å². The molecule has 1 N–H and O–H groups in total. The molecule has 1 saturated heterocycles. The molecule has 0 bridgehead atoms. The Labute approximate surface area is 130 Å². The summed E-state index contributed by atoms with van der Waals surface area (Å²) in [6.45, 7) is 6.06. The Bertz CT molecular complexity index is 419. The molecule has 0 saturated carbocycles. The molecule has 1 fully saturated rings. The van der Waals surface area contributed by atoms with Crippen molar-refractivity contribution < 1.29 is 4.74 Å². The second-order valence-corrected chi connectivity index (χ2v) is 6.32. The molecular weight excluding hydrogens is 316 g/mol. The maximum Gasteiger partial charge on any atom is 0.0750 e. The van der Waals surface area contributed by atoms with Crippen molar-refractivity contribution in [2.24, 2.45) is 0 Å². The smallest absolute Gasteiger partial charge is 0.0750 e. The summed E-state index contributed by atoms with van der Waals surface area (Å²) < 4.78 is 6.88. The zero-order chi connectivity index (χ0) is 14.4. The van der Waals surface area contributed by atoms with E-state index in [4.69, 9.17) is 4.74 Å². The molecule has 0 aromatic heterocycles. The van der Waals surface area contributed by atoms with Crippen molar-refractivity contribution in [3.8, 4) is 0 Å².